The molecule has 4 aromatic rings. The molecule has 0 spiro atoms. The van der Waals surface area contributed by atoms with Gasteiger partial charge in [0, 0.05) is 22.0 Å². The molecule has 1 aromatic carbocycles. The first-order valence-corrected chi connectivity index (χ1v) is 10.1. The molecule has 27 heavy (non-hydrogen) atoms. The molecule has 136 valence electrons. The van der Waals surface area contributed by atoms with E-state index < -0.39 is 0 Å². The standard InChI is InChI=1S/C21H18FN3OS/c22-15-9-13-5-4-8-23-19(13)14(10-15)11-25-12-24-20-18(21(25)26)16-6-2-1-3-7-17(16)27-20/h4-5,8-10,12H,1-3,6-7,11H2. The summed E-state index contributed by atoms with van der Waals surface area (Å²) in [7, 11) is 0. The van der Waals surface area contributed by atoms with Crippen LogP contribution in [0.15, 0.2) is 41.6 Å². The zero-order valence-electron chi connectivity index (χ0n) is 14.7. The van der Waals surface area contributed by atoms with Gasteiger partial charge in [0.2, 0.25) is 0 Å². The summed E-state index contributed by atoms with van der Waals surface area (Å²) in [5.74, 6) is -0.322. The Bertz CT molecular complexity index is 1230. The van der Waals surface area contributed by atoms with Crippen LogP contribution in [0.3, 0.4) is 0 Å². The van der Waals surface area contributed by atoms with Crippen LogP contribution < -0.4 is 5.56 Å². The van der Waals surface area contributed by atoms with Gasteiger partial charge in [0.15, 0.2) is 0 Å². The van der Waals surface area contributed by atoms with E-state index in [0.717, 1.165) is 40.4 Å². The van der Waals surface area contributed by atoms with Gasteiger partial charge >= 0.3 is 0 Å². The zero-order chi connectivity index (χ0) is 18.4. The fraction of sp³-hybridized carbons (Fsp3) is 0.286. The molecule has 0 N–H and O–H groups in total. The van der Waals surface area contributed by atoms with Gasteiger partial charge in [0.1, 0.15) is 10.6 Å². The fourth-order valence-corrected chi connectivity index (χ4v) is 5.22. The predicted molar refractivity (Wildman–Crippen MR) is 106 cm³/mol. The molecule has 0 saturated carbocycles. The maximum absolute atomic E-state index is 14.0. The van der Waals surface area contributed by atoms with Crippen molar-refractivity contribution in [3.8, 4) is 0 Å². The maximum atomic E-state index is 14.0. The minimum atomic E-state index is -0.322. The van der Waals surface area contributed by atoms with E-state index in [2.05, 4.69) is 9.97 Å². The Morgan fingerprint density at radius 1 is 1.15 bits per heavy atom. The Kier molecular flexibility index (Phi) is 4.01. The van der Waals surface area contributed by atoms with Crippen LogP contribution in [-0.4, -0.2) is 14.5 Å². The second kappa shape index (κ2) is 6.53. The summed E-state index contributed by atoms with van der Waals surface area (Å²) in [6.45, 7) is 0.262. The zero-order valence-corrected chi connectivity index (χ0v) is 15.6. The number of nitrogens with zero attached hydrogens (tertiary/aromatic N) is 3. The van der Waals surface area contributed by atoms with Gasteiger partial charge in [0.25, 0.3) is 5.56 Å². The summed E-state index contributed by atoms with van der Waals surface area (Å²) in [6.07, 6.45) is 8.75. The molecule has 5 rings (SSSR count). The summed E-state index contributed by atoms with van der Waals surface area (Å²) in [4.78, 5) is 24.3. The van der Waals surface area contributed by atoms with E-state index in [4.69, 9.17) is 0 Å². The molecule has 0 atom stereocenters. The van der Waals surface area contributed by atoms with E-state index in [1.165, 1.54) is 35.4 Å². The van der Waals surface area contributed by atoms with Crippen LogP contribution in [0.5, 0.6) is 0 Å². The van der Waals surface area contributed by atoms with E-state index in [1.54, 1.807) is 34.5 Å². The molecule has 0 fully saturated rings. The van der Waals surface area contributed by atoms with Gasteiger partial charge in [-0.05, 0) is 49.4 Å². The Morgan fingerprint density at radius 3 is 2.96 bits per heavy atom. The summed E-state index contributed by atoms with van der Waals surface area (Å²) in [5, 5.41) is 1.49. The number of hydrogen-bond donors (Lipinski definition) is 0. The van der Waals surface area contributed by atoms with Gasteiger partial charge < -0.3 is 0 Å². The molecule has 6 heteroatoms. The predicted octanol–water partition coefficient (Wildman–Crippen LogP) is 4.46. The highest BCUT2D eigenvalue weighted by molar-refractivity contribution is 7.18. The van der Waals surface area contributed by atoms with Crippen molar-refractivity contribution in [2.24, 2.45) is 0 Å². The Labute approximate surface area is 159 Å². The molecule has 0 saturated heterocycles. The number of pyridine rings is 1. The average Bonchev–Trinajstić information content (AvgIpc) is 2.86. The summed E-state index contributed by atoms with van der Waals surface area (Å²) in [5.41, 5.74) is 2.56. The van der Waals surface area contributed by atoms with Crippen molar-refractivity contribution < 1.29 is 4.39 Å². The third-order valence-corrected chi connectivity index (χ3v) is 6.48. The van der Waals surface area contributed by atoms with Gasteiger partial charge in [-0.2, -0.15) is 0 Å². The second-order valence-electron chi connectivity index (χ2n) is 7.06. The lowest BCUT2D eigenvalue weighted by Gasteiger charge is -2.09. The van der Waals surface area contributed by atoms with Gasteiger partial charge in [0.05, 0.1) is 23.8 Å². The molecule has 0 radical (unpaired) electrons. The van der Waals surface area contributed by atoms with Crippen molar-refractivity contribution in [2.45, 2.75) is 38.6 Å². The fourth-order valence-electron chi connectivity index (χ4n) is 4.00. The van der Waals surface area contributed by atoms with Crippen LogP contribution in [0.2, 0.25) is 0 Å². The second-order valence-corrected chi connectivity index (χ2v) is 8.15. The normalized spacial score (nSPS) is 14.4. The smallest absolute Gasteiger partial charge is 0.262 e. The number of thiophene rings is 1. The van der Waals surface area contributed by atoms with Crippen LogP contribution in [0, 0.1) is 5.82 Å². The molecular weight excluding hydrogens is 361 g/mol. The van der Waals surface area contributed by atoms with Crippen LogP contribution >= 0.6 is 11.3 Å². The van der Waals surface area contributed by atoms with E-state index in [1.807, 2.05) is 6.07 Å². The lowest BCUT2D eigenvalue weighted by atomic mass is 10.1. The molecule has 0 bridgehead atoms. The number of aromatic nitrogens is 3. The molecule has 0 aliphatic heterocycles. The summed E-state index contributed by atoms with van der Waals surface area (Å²) >= 11 is 1.65. The van der Waals surface area contributed by atoms with Crippen LogP contribution in [0.4, 0.5) is 4.39 Å². The SMILES string of the molecule is O=c1c2c3c(sc2ncn1Cc1cc(F)cc2cccnc12)CCCCC3. The number of hydrogen-bond acceptors (Lipinski definition) is 4. The molecule has 1 aliphatic carbocycles. The number of benzene rings is 1. The van der Waals surface area contributed by atoms with E-state index in [0.29, 0.717) is 5.56 Å². The third-order valence-electron chi connectivity index (χ3n) is 5.28. The molecule has 0 unspecified atom stereocenters. The maximum Gasteiger partial charge on any atom is 0.262 e. The molecule has 1 aliphatic rings. The van der Waals surface area contributed by atoms with Gasteiger partial charge in [-0.15, -0.1) is 11.3 Å². The van der Waals surface area contributed by atoms with E-state index in [-0.39, 0.29) is 17.9 Å². The number of halogens is 1. The van der Waals surface area contributed by atoms with E-state index in [9.17, 15) is 9.18 Å². The first-order valence-electron chi connectivity index (χ1n) is 9.23. The lowest BCUT2D eigenvalue weighted by Crippen LogP contribution is -2.21. The Hall–Kier alpha value is -2.60. The highest BCUT2D eigenvalue weighted by atomic mass is 32.1. The van der Waals surface area contributed by atoms with E-state index >= 15 is 0 Å². The Morgan fingerprint density at radius 2 is 2.04 bits per heavy atom. The van der Waals surface area contributed by atoms with Crippen molar-refractivity contribution in [3.63, 3.8) is 0 Å². The van der Waals surface area contributed by atoms with Gasteiger partial charge in [-0.1, -0.05) is 12.5 Å². The molecule has 0 amide bonds. The topological polar surface area (TPSA) is 47.8 Å². The lowest BCUT2D eigenvalue weighted by molar-refractivity contribution is 0.625. The van der Waals surface area contributed by atoms with Crippen LogP contribution in [0.1, 0.15) is 35.3 Å². The minimum absolute atomic E-state index is 0.0345. The third kappa shape index (κ3) is 2.84. The summed E-state index contributed by atoms with van der Waals surface area (Å²) in [6, 6.07) is 6.54. The van der Waals surface area contributed by atoms with Crippen molar-refractivity contribution in [3.05, 3.63) is 69.0 Å². The Balaban J connectivity index is 1.66. The van der Waals surface area contributed by atoms with Crippen molar-refractivity contribution in [1.82, 2.24) is 14.5 Å². The van der Waals surface area contributed by atoms with Crippen LogP contribution in [0.25, 0.3) is 21.1 Å². The number of rotatable bonds is 2. The van der Waals surface area contributed by atoms with Crippen molar-refractivity contribution >= 4 is 32.5 Å². The number of aryl methyl sites for hydroxylation is 2. The van der Waals surface area contributed by atoms with Crippen molar-refractivity contribution in [1.29, 1.82) is 0 Å². The molecule has 3 aromatic heterocycles. The van der Waals surface area contributed by atoms with Gasteiger partial charge in [-0.25, -0.2) is 9.37 Å². The summed E-state index contributed by atoms with van der Waals surface area (Å²) < 4.78 is 15.6. The molecule has 3 heterocycles. The number of fused-ring (bicyclic) bond motifs is 4. The quantitative estimate of drug-likeness (QED) is 0.483. The van der Waals surface area contributed by atoms with Crippen LogP contribution in [-0.2, 0) is 19.4 Å². The van der Waals surface area contributed by atoms with Gasteiger partial charge in [-0.3, -0.25) is 14.3 Å². The first kappa shape index (κ1) is 16.6. The monoisotopic (exact) mass is 379 g/mol. The molecular formula is C21H18FN3OS. The highest BCUT2D eigenvalue weighted by Gasteiger charge is 2.19. The highest BCUT2D eigenvalue weighted by Crippen LogP contribution is 2.32. The average molecular weight is 379 g/mol. The van der Waals surface area contributed by atoms with Crippen molar-refractivity contribution in [2.75, 3.05) is 0 Å². The first-order chi connectivity index (χ1) is 13.2. The largest absolute Gasteiger partial charge is 0.294 e. The molecule has 4 nitrogen and oxygen atoms in total. The minimum Gasteiger partial charge on any atom is -0.294 e.